The Labute approximate surface area is 107 Å². The van der Waals surface area contributed by atoms with Crippen LogP contribution < -0.4 is 4.74 Å². The monoisotopic (exact) mass is 268 g/mol. The van der Waals surface area contributed by atoms with Crippen LogP contribution in [0, 0.1) is 12.8 Å². The van der Waals surface area contributed by atoms with Crippen molar-refractivity contribution in [2.24, 2.45) is 5.92 Å². The van der Waals surface area contributed by atoms with Gasteiger partial charge < -0.3 is 4.74 Å². The molecule has 0 bridgehead atoms. The summed E-state index contributed by atoms with van der Waals surface area (Å²) in [7, 11) is -1.53. The van der Waals surface area contributed by atoms with Crippen LogP contribution in [0.15, 0.2) is 18.2 Å². The zero-order valence-electron chi connectivity index (χ0n) is 10.5. The molecule has 1 saturated heterocycles. The van der Waals surface area contributed by atoms with E-state index in [1.54, 1.807) is 12.1 Å². The Morgan fingerprint density at radius 1 is 1.39 bits per heavy atom. The largest absolute Gasteiger partial charge is 0.496 e. The third-order valence-electron chi connectivity index (χ3n) is 3.22. The van der Waals surface area contributed by atoms with Gasteiger partial charge in [0.15, 0.2) is 15.6 Å². The lowest BCUT2D eigenvalue weighted by molar-refractivity contribution is 0.0930. The first kappa shape index (κ1) is 13.1. The van der Waals surface area contributed by atoms with E-state index < -0.39 is 15.8 Å². The van der Waals surface area contributed by atoms with Crippen molar-refractivity contribution in [3.8, 4) is 5.75 Å². The summed E-state index contributed by atoms with van der Waals surface area (Å²) < 4.78 is 28.0. The number of carbonyl (C=O) groups excluding carboxylic acids is 1. The van der Waals surface area contributed by atoms with Crippen LogP contribution >= 0.6 is 0 Å². The lowest BCUT2D eigenvalue weighted by Gasteiger charge is -2.11. The predicted octanol–water partition coefficient (Wildman–Crippen LogP) is 1.62. The fourth-order valence-electron chi connectivity index (χ4n) is 2.24. The molecule has 1 aliphatic rings. The third-order valence-corrected chi connectivity index (χ3v) is 4.99. The number of ketones is 1. The number of rotatable bonds is 3. The molecular weight excluding hydrogens is 252 g/mol. The number of hydrogen-bond donors (Lipinski definition) is 0. The van der Waals surface area contributed by atoms with Crippen molar-refractivity contribution in [1.82, 2.24) is 0 Å². The highest BCUT2D eigenvalue weighted by Gasteiger charge is 2.34. The van der Waals surface area contributed by atoms with E-state index in [2.05, 4.69) is 0 Å². The molecule has 18 heavy (non-hydrogen) atoms. The molecule has 2 rings (SSSR count). The van der Waals surface area contributed by atoms with Crippen molar-refractivity contribution in [3.63, 3.8) is 0 Å². The summed E-state index contributed by atoms with van der Waals surface area (Å²) in [5.74, 6) is 0.0257. The normalized spacial score (nSPS) is 21.8. The molecular formula is C13H16O4S. The van der Waals surface area contributed by atoms with Gasteiger partial charge in [-0.05, 0) is 25.5 Å². The SMILES string of the molecule is COc1ccc(C)cc1C(=O)C1CCS(=O)(=O)C1. The van der Waals surface area contributed by atoms with Crippen LogP contribution in [-0.2, 0) is 9.84 Å². The number of Topliss-reactive ketones (excluding diaryl/α,β-unsaturated/α-hetero) is 1. The smallest absolute Gasteiger partial charge is 0.170 e. The van der Waals surface area contributed by atoms with E-state index in [9.17, 15) is 13.2 Å². The quantitative estimate of drug-likeness (QED) is 0.782. The summed E-state index contributed by atoms with van der Waals surface area (Å²) in [6.45, 7) is 1.89. The number of aryl methyl sites for hydroxylation is 1. The molecule has 0 spiro atoms. The second-order valence-corrected chi connectivity index (χ2v) is 6.90. The van der Waals surface area contributed by atoms with E-state index in [-0.39, 0.29) is 17.3 Å². The third kappa shape index (κ3) is 2.56. The molecule has 4 nitrogen and oxygen atoms in total. The number of methoxy groups -OCH3 is 1. The Bertz CT molecular complexity index is 575. The molecule has 0 aromatic heterocycles. The van der Waals surface area contributed by atoms with E-state index in [1.807, 2.05) is 13.0 Å². The molecule has 1 atom stereocenters. The summed E-state index contributed by atoms with van der Waals surface area (Å²) in [5.41, 5.74) is 1.44. The Hall–Kier alpha value is -1.36. The van der Waals surface area contributed by atoms with Gasteiger partial charge >= 0.3 is 0 Å². The highest BCUT2D eigenvalue weighted by molar-refractivity contribution is 7.91. The van der Waals surface area contributed by atoms with Crippen LogP contribution in [0.5, 0.6) is 5.75 Å². The maximum atomic E-state index is 12.3. The first-order valence-corrected chi connectivity index (χ1v) is 7.64. The number of benzene rings is 1. The molecule has 0 amide bonds. The summed E-state index contributed by atoms with van der Waals surface area (Å²) in [5, 5.41) is 0. The first-order valence-electron chi connectivity index (χ1n) is 5.82. The van der Waals surface area contributed by atoms with Gasteiger partial charge in [-0.3, -0.25) is 4.79 Å². The molecule has 0 N–H and O–H groups in total. The topological polar surface area (TPSA) is 60.4 Å². The molecule has 5 heteroatoms. The fourth-order valence-corrected chi connectivity index (χ4v) is 3.98. The van der Waals surface area contributed by atoms with Gasteiger partial charge in [-0.15, -0.1) is 0 Å². The van der Waals surface area contributed by atoms with Gasteiger partial charge in [0, 0.05) is 5.92 Å². The number of carbonyl (C=O) groups is 1. The molecule has 0 aliphatic carbocycles. The average Bonchev–Trinajstić information content (AvgIpc) is 2.68. The predicted molar refractivity (Wildman–Crippen MR) is 68.8 cm³/mol. The lowest BCUT2D eigenvalue weighted by atomic mass is 9.95. The summed E-state index contributed by atoms with van der Waals surface area (Å²) in [6, 6.07) is 5.36. The van der Waals surface area contributed by atoms with E-state index >= 15 is 0 Å². The Kier molecular flexibility index (Phi) is 3.43. The molecule has 1 aromatic rings. The van der Waals surface area contributed by atoms with Crippen LogP contribution in [-0.4, -0.2) is 32.8 Å². The number of hydrogen-bond acceptors (Lipinski definition) is 4. The molecule has 0 radical (unpaired) electrons. The molecule has 1 unspecified atom stereocenters. The van der Waals surface area contributed by atoms with Crippen molar-refractivity contribution in [3.05, 3.63) is 29.3 Å². The van der Waals surface area contributed by atoms with Crippen molar-refractivity contribution >= 4 is 15.6 Å². The molecule has 0 saturated carbocycles. The van der Waals surface area contributed by atoms with Gasteiger partial charge in [-0.25, -0.2) is 8.42 Å². The fraction of sp³-hybridized carbons (Fsp3) is 0.462. The highest BCUT2D eigenvalue weighted by Crippen LogP contribution is 2.28. The molecule has 98 valence electrons. The average molecular weight is 268 g/mol. The Balaban J connectivity index is 2.32. The highest BCUT2D eigenvalue weighted by atomic mass is 32.2. The second kappa shape index (κ2) is 4.72. The Morgan fingerprint density at radius 3 is 2.67 bits per heavy atom. The van der Waals surface area contributed by atoms with Crippen LogP contribution in [0.3, 0.4) is 0 Å². The summed E-state index contributed by atoms with van der Waals surface area (Å²) >= 11 is 0. The zero-order valence-corrected chi connectivity index (χ0v) is 11.3. The van der Waals surface area contributed by atoms with Gasteiger partial charge in [-0.2, -0.15) is 0 Å². The molecule has 1 fully saturated rings. The second-order valence-electron chi connectivity index (χ2n) is 4.67. The summed E-state index contributed by atoms with van der Waals surface area (Å²) in [6.07, 6.45) is 0.415. The van der Waals surface area contributed by atoms with Crippen LogP contribution in [0.2, 0.25) is 0 Å². The van der Waals surface area contributed by atoms with Crippen molar-refractivity contribution in [1.29, 1.82) is 0 Å². The van der Waals surface area contributed by atoms with E-state index in [0.29, 0.717) is 17.7 Å². The summed E-state index contributed by atoms with van der Waals surface area (Å²) in [4.78, 5) is 12.3. The molecule has 1 heterocycles. The van der Waals surface area contributed by atoms with E-state index in [4.69, 9.17) is 4.74 Å². The van der Waals surface area contributed by atoms with E-state index in [0.717, 1.165) is 5.56 Å². The van der Waals surface area contributed by atoms with E-state index in [1.165, 1.54) is 7.11 Å². The minimum absolute atomic E-state index is 0.0388. The van der Waals surface area contributed by atoms with Crippen molar-refractivity contribution < 1.29 is 17.9 Å². The first-order chi connectivity index (χ1) is 8.43. The van der Waals surface area contributed by atoms with Gasteiger partial charge in [0.1, 0.15) is 5.75 Å². The lowest BCUT2D eigenvalue weighted by Crippen LogP contribution is -2.17. The van der Waals surface area contributed by atoms with Crippen molar-refractivity contribution in [2.45, 2.75) is 13.3 Å². The van der Waals surface area contributed by atoms with Gasteiger partial charge in [0.2, 0.25) is 0 Å². The van der Waals surface area contributed by atoms with Gasteiger partial charge in [-0.1, -0.05) is 11.6 Å². The van der Waals surface area contributed by atoms with Crippen LogP contribution in [0.25, 0.3) is 0 Å². The zero-order chi connectivity index (χ0) is 13.3. The van der Waals surface area contributed by atoms with Crippen molar-refractivity contribution in [2.75, 3.05) is 18.6 Å². The van der Waals surface area contributed by atoms with Crippen LogP contribution in [0.4, 0.5) is 0 Å². The Morgan fingerprint density at radius 2 is 2.11 bits per heavy atom. The molecule has 1 aliphatic heterocycles. The minimum Gasteiger partial charge on any atom is -0.496 e. The molecule has 1 aromatic carbocycles. The standard InChI is InChI=1S/C13H16O4S/c1-9-3-4-12(17-2)11(7-9)13(14)10-5-6-18(15,16)8-10/h3-4,7,10H,5-6,8H2,1-2H3. The van der Waals surface area contributed by atoms with Gasteiger partial charge in [0.25, 0.3) is 0 Å². The minimum atomic E-state index is -3.04. The number of sulfone groups is 1. The van der Waals surface area contributed by atoms with Gasteiger partial charge in [0.05, 0.1) is 24.2 Å². The maximum absolute atomic E-state index is 12.3. The maximum Gasteiger partial charge on any atom is 0.170 e. The van der Waals surface area contributed by atoms with Crippen LogP contribution in [0.1, 0.15) is 22.3 Å². The number of ether oxygens (including phenoxy) is 1.